The highest BCUT2D eigenvalue weighted by molar-refractivity contribution is 5.87. The lowest BCUT2D eigenvalue weighted by molar-refractivity contribution is 0.0482. The summed E-state index contributed by atoms with van der Waals surface area (Å²) in [4.78, 5) is 28.4. The van der Waals surface area contributed by atoms with Gasteiger partial charge in [0.2, 0.25) is 0 Å². The molecule has 23 heavy (non-hydrogen) atoms. The Hall–Kier alpha value is -2.37. The molecule has 0 aliphatic rings. The zero-order valence-corrected chi connectivity index (χ0v) is 14.2. The average Bonchev–Trinajstić information content (AvgIpc) is 2.95. The monoisotopic (exact) mass is 319 g/mol. The number of rotatable bonds is 6. The van der Waals surface area contributed by atoms with Gasteiger partial charge in [0.15, 0.2) is 0 Å². The Kier molecular flexibility index (Phi) is 6.75. The summed E-state index contributed by atoms with van der Waals surface area (Å²) >= 11 is 0. The predicted molar refractivity (Wildman–Crippen MR) is 89.2 cm³/mol. The molecule has 1 aromatic rings. The van der Waals surface area contributed by atoms with Gasteiger partial charge in [0.1, 0.15) is 18.0 Å². The number of carbonyl (C=O) groups excluding carboxylic acids is 2. The lowest BCUT2D eigenvalue weighted by Crippen LogP contribution is -2.45. The first kappa shape index (κ1) is 18.7. The SMILES string of the molecule is C=CCC=C(C)CC(NC(=O)OC(C)(C)C)C(=O)n1ccnc1. The minimum atomic E-state index is -0.722. The van der Waals surface area contributed by atoms with Gasteiger partial charge in [-0.15, -0.1) is 6.58 Å². The van der Waals surface area contributed by atoms with Gasteiger partial charge < -0.3 is 10.1 Å². The molecule has 0 bridgehead atoms. The van der Waals surface area contributed by atoms with Gasteiger partial charge in [0.25, 0.3) is 5.91 Å². The first-order valence-corrected chi connectivity index (χ1v) is 7.51. The van der Waals surface area contributed by atoms with E-state index in [2.05, 4.69) is 16.9 Å². The van der Waals surface area contributed by atoms with Crippen LogP contribution >= 0.6 is 0 Å². The van der Waals surface area contributed by atoms with Gasteiger partial charge >= 0.3 is 6.09 Å². The van der Waals surface area contributed by atoms with Crippen LogP contribution in [-0.2, 0) is 4.74 Å². The number of nitrogens with one attached hydrogen (secondary N) is 1. The van der Waals surface area contributed by atoms with Crippen LogP contribution < -0.4 is 5.32 Å². The summed E-state index contributed by atoms with van der Waals surface area (Å²) in [7, 11) is 0. The third-order valence-electron chi connectivity index (χ3n) is 2.91. The van der Waals surface area contributed by atoms with E-state index in [9.17, 15) is 9.59 Å². The molecule has 1 unspecified atom stereocenters. The van der Waals surface area contributed by atoms with E-state index in [4.69, 9.17) is 4.74 Å². The second-order valence-electron chi connectivity index (χ2n) is 6.29. The Morgan fingerprint density at radius 2 is 2.13 bits per heavy atom. The molecule has 0 aromatic carbocycles. The summed E-state index contributed by atoms with van der Waals surface area (Å²) in [5.74, 6) is -0.264. The fourth-order valence-electron chi connectivity index (χ4n) is 1.91. The Balaban J connectivity index is 2.86. The van der Waals surface area contributed by atoms with Crippen molar-refractivity contribution in [3.8, 4) is 0 Å². The van der Waals surface area contributed by atoms with Crippen LogP contribution in [0.1, 0.15) is 45.3 Å². The number of aromatic nitrogens is 2. The highest BCUT2D eigenvalue weighted by atomic mass is 16.6. The third-order valence-corrected chi connectivity index (χ3v) is 2.91. The Morgan fingerprint density at radius 1 is 1.43 bits per heavy atom. The quantitative estimate of drug-likeness (QED) is 0.816. The molecule has 0 saturated heterocycles. The summed E-state index contributed by atoms with van der Waals surface area (Å²) in [6, 6.07) is -0.722. The molecule has 1 atom stereocenters. The molecule has 0 radical (unpaired) electrons. The van der Waals surface area contributed by atoms with Crippen LogP contribution in [0, 0.1) is 0 Å². The molecule has 126 valence electrons. The maximum absolute atomic E-state index is 12.5. The summed E-state index contributed by atoms with van der Waals surface area (Å²) < 4.78 is 6.59. The molecular formula is C17H25N3O3. The molecule has 6 heteroatoms. The predicted octanol–water partition coefficient (Wildman–Crippen LogP) is 3.33. The Labute approximate surface area is 137 Å². The van der Waals surface area contributed by atoms with E-state index in [1.807, 2.05) is 13.0 Å². The van der Waals surface area contributed by atoms with Crippen molar-refractivity contribution in [2.45, 2.75) is 52.2 Å². The Bertz CT molecular complexity index is 568. The average molecular weight is 319 g/mol. The first-order valence-electron chi connectivity index (χ1n) is 7.51. The van der Waals surface area contributed by atoms with Gasteiger partial charge in [0.05, 0.1) is 0 Å². The van der Waals surface area contributed by atoms with Crippen LogP contribution in [0.2, 0.25) is 0 Å². The van der Waals surface area contributed by atoms with Crippen molar-refractivity contribution < 1.29 is 14.3 Å². The molecule has 1 N–H and O–H groups in total. The summed E-state index contributed by atoms with van der Waals surface area (Å²) in [5, 5.41) is 2.64. The van der Waals surface area contributed by atoms with Gasteiger partial charge in [-0.05, 0) is 40.5 Å². The number of nitrogens with zero attached hydrogens (tertiary/aromatic N) is 2. The van der Waals surface area contributed by atoms with E-state index in [0.717, 1.165) is 5.57 Å². The number of carbonyl (C=O) groups is 2. The number of hydrogen-bond acceptors (Lipinski definition) is 4. The van der Waals surface area contributed by atoms with Crippen LogP contribution in [0.4, 0.5) is 4.79 Å². The molecule has 0 fully saturated rings. The molecule has 1 aromatic heterocycles. The zero-order chi connectivity index (χ0) is 17.5. The normalized spacial score (nSPS) is 13.3. The second kappa shape index (κ2) is 8.31. The lowest BCUT2D eigenvalue weighted by Gasteiger charge is -2.23. The smallest absolute Gasteiger partial charge is 0.408 e. The molecular weight excluding hydrogens is 294 g/mol. The van der Waals surface area contributed by atoms with Gasteiger partial charge in [-0.3, -0.25) is 9.36 Å². The number of hydrogen-bond donors (Lipinski definition) is 1. The molecule has 0 aliphatic carbocycles. The van der Waals surface area contributed by atoms with Crippen molar-refractivity contribution in [2.75, 3.05) is 0 Å². The van der Waals surface area contributed by atoms with Crippen LogP contribution in [0.5, 0.6) is 0 Å². The number of ether oxygens (including phenoxy) is 1. The molecule has 6 nitrogen and oxygen atoms in total. The van der Waals surface area contributed by atoms with Gasteiger partial charge in [-0.1, -0.05) is 17.7 Å². The fourth-order valence-corrected chi connectivity index (χ4v) is 1.91. The van der Waals surface area contributed by atoms with Crippen LogP contribution in [0.25, 0.3) is 0 Å². The second-order valence-corrected chi connectivity index (χ2v) is 6.29. The molecule has 0 aliphatic heterocycles. The van der Waals surface area contributed by atoms with Crippen molar-refractivity contribution >= 4 is 12.0 Å². The topological polar surface area (TPSA) is 73.2 Å². The van der Waals surface area contributed by atoms with Crippen molar-refractivity contribution in [1.82, 2.24) is 14.9 Å². The maximum Gasteiger partial charge on any atom is 0.408 e. The standard InChI is InChI=1S/C17H25N3O3/c1-6-7-8-13(2)11-14(15(21)20-10-9-18-12-20)19-16(22)23-17(3,4)5/h6,8-10,12,14H,1,7,11H2,2-5H3,(H,19,22). The van der Waals surface area contributed by atoms with Gasteiger partial charge in [0, 0.05) is 12.4 Å². The molecule has 0 saturated carbocycles. The van der Waals surface area contributed by atoms with Crippen molar-refractivity contribution in [3.05, 3.63) is 43.0 Å². The van der Waals surface area contributed by atoms with Crippen LogP contribution in [-0.4, -0.2) is 33.2 Å². The van der Waals surface area contributed by atoms with Crippen molar-refractivity contribution in [3.63, 3.8) is 0 Å². The van der Waals surface area contributed by atoms with Crippen molar-refractivity contribution in [1.29, 1.82) is 0 Å². The van der Waals surface area contributed by atoms with E-state index < -0.39 is 17.7 Å². The fraction of sp³-hybridized carbons (Fsp3) is 0.471. The third kappa shape index (κ3) is 6.95. The molecule has 0 spiro atoms. The molecule has 1 heterocycles. The number of allylic oxidation sites excluding steroid dienone is 2. The number of amides is 1. The largest absolute Gasteiger partial charge is 0.444 e. The summed E-state index contributed by atoms with van der Waals surface area (Å²) in [5.41, 5.74) is 0.361. The zero-order valence-electron chi connectivity index (χ0n) is 14.2. The highest BCUT2D eigenvalue weighted by Gasteiger charge is 2.25. The number of imidazole rings is 1. The number of alkyl carbamates (subject to hydrolysis) is 1. The van der Waals surface area contributed by atoms with E-state index in [0.29, 0.717) is 12.8 Å². The van der Waals surface area contributed by atoms with Gasteiger partial charge in [-0.2, -0.15) is 0 Å². The Morgan fingerprint density at radius 3 is 2.65 bits per heavy atom. The molecule has 1 rings (SSSR count). The first-order chi connectivity index (χ1) is 10.7. The summed E-state index contributed by atoms with van der Waals surface area (Å²) in [6.07, 6.45) is 8.71. The highest BCUT2D eigenvalue weighted by Crippen LogP contribution is 2.11. The van der Waals surface area contributed by atoms with Crippen molar-refractivity contribution in [2.24, 2.45) is 0 Å². The molecule has 1 amide bonds. The summed E-state index contributed by atoms with van der Waals surface area (Å²) in [6.45, 7) is 10.9. The minimum Gasteiger partial charge on any atom is -0.444 e. The van der Waals surface area contributed by atoms with E-state index in [1.165, 1.54) is 17.1 Å². The van der Waals surface area contributed by atoms with E-state index in [-0.39, 0.29) is 5.91 Å². The lowest BCUT2D eigenvalue weighted by atomic mass is 10.1. The van der Waals surface area contributed by atoms with Crippen LogP contribution in [0.3, 0.4) is 0 Å². The van der Waals surface area contributed by atoms with Gasteiger partial charge in [-0.25, -0.2) is 9.78 Å². The maximum atomic E-state index is 12.5. The van der Waals surface area contributed by atoms with E-state index in [1.54, 1.807) is 33.0 Å². The van der Waals surface area contributed by atoms with Crippen LogP contribution in [0.15, 0.2) is 43.0 Å². The minimum absolute atomic E-state index is 0.264. The van der Waals surface area contributed by atoms with E-state index >= 15 is 0 Å².